The van der Waals surface area contributed by atoms with E-state index in [0.29, 0.717) is 74.3 Å². The number of β-amino-alcohol motifs (C(OH)–C–C–N with tert-alkyl or cyclic N) is 1. The molecule has 14 heteroatoms. The number of benzene rings is 2. The van der Waals surface area contributed by atoms with Gasteiger partial charge >= 0.3 is 18.3 Å². The van der Waals surface area contributed by atoms with Crippen LogP contribution in [-0.4, -0.2) is 78.8 Å². The van der Waals surface area contributed by atoms with Crippen LogP contribution in [0.4, 0.5) is 32.0 Å². The molecule has 1 amide bonds. The van der Waals surface area contributed by atoms with E-state index in [1.54, 1.807) is 25.1 Å². The van der Waals surface area contributed by atoms with E-state index in [2.05, 4.69) is 5.32 Å². The van der Waals surface area contributed by atoms with Crippen molar-refractivity contribution >= 4 is 35.4 Å². The van der Waals surface area contributed by atoms with Gasteiger partial charge in [0.15, 0.2) is 0 Å². The van der Waals surface area contributed by atoms with E-state index < -0.39 is 39.8 Å². The van der Waals surface area contributed by atoms with E-state index in [0.717, 1.165) is 24.3 Å². The maximum absolute atomic E-state index is 14.4. The van der Waals surface area contributed by atoms with Crippen molar-refractivity contribution in [1.82, 2.24) is 9.80 Å². The molecule has 1 saturated heterocycles. The summed E-state index contributed by atoms with van der Waals surface area (Å²) in [5.41, 5.74) is -3.82. The number of nitrogens with zero attached hydrogens (tertiary/aromatic N) is 2. The number of esters is 1. The van der Waals surface area contributed by atoms with Gasteiger partial charge in [-0.3, -0.25) is 14.5 Å². The second kappa shape index (κ2) is 15.6. The number of hydrogen-bond donors (Lipinski definition) is 2. The molecule has 2 fully saturated rings. The predicted molar refractivity (Wildman–Crippen MR) is 162 cm³/mol. The van der Waals surface area contributed by atoms with E-state index in [1.165, 1.54) is 11.0 Å². The van der Waals surface area contributed by atoms with Crippen molar-refractivity contribution in [2.75, 3.05) is 51.3 Å². The number of hydrogen-bond acceptors (Lipinski definition) is 7. The second-order valence-electron chi connectivity index (χ2n) is 11.2. The predicted octanol–water partition coefficient (Wildman–Crippen LogP) is 6.56. The van der Waals surface area contributed by atoms with E-state index >= 15 is 0 Å². The normalized spacial score (nSPS) is 19.8. The van der Waals surface area contributed by atoms with Crippen molar-refractivity contribution in [3.63, 3.8) is 0 Å². The highest BCUT2D eigenvalue weighted by Gasteiger charge is 2.46. The van der Waals surface area contributed by atoms with Gasteiger partial charge in [0.1, 0.15) is 0 Å². The molecule has 46 heavy (non-hydrogen) atoms. The summed E-state index contributed by atoms with van der Waals surface area (Å²) in [5.74, 6) is -1.01. The van der Waals surface area contributed by atoms with Crippen molar-refractivity contribution in [3.8, 4) is 0 Å². The topological polar surface area (TPSA) is 82.1 Å². The summed E-state index contributed by atoms with van der Waals surface area (Å²) in [6.07, 6.45) is -6.40. The molecule has 0 aromatic heterocycles. The fourth-order valence-electron chi connectivity index (χ4n) is 5.76. The number of aliphatic hydroxyl groups excluding tert-OH is 1. The monoisotopic (exact) mass is 673 g/mol. The van der Waals surface area contributed by atoms with E-state index in [9.17, 15) is 35.9 Å². The molecule has 0 spiro atoms. The fraction of sp³-hybridized carbons (Fsp3) is 0.500. The first-order valence-electron chi connectivity index (χ1n) is 15.1. The Labute approximate surface area is 268 Å². The molecule has 4 rings (SSSR count). The number of piperazine rings is 1. The Morgan fingerprint density at radius 2 is 1.65 bits per heavy atom. The lowest BCUT2D eigenvalue weighted by Crippen LogP contribution is -2.48. The fourth-order valence-corrected chi connectivity index (χ4v) is 6.80. The van der Waals surface area contributed by atoms with Crippen LogP contribution in [0.1, 0.15) is 49.3 Å². The number of aliphatic hydroxyl groups is 1. The first-order valence-corrected chi connectivity index (χ1v) is 15.9. The van der Waals surface area contributed by atoms with Gasteiger partial charge < -0.3 is 20.1 Å². The lowest BCUT2D eigenvalue weighted by molar-refractivity contribution is -0.163. The molecule has 252 valence electrons. The third-order valence-corrected chi connectivity index (χ3v) is 9.10. The molecule has 0 bridgehead atoms. The number of ether oxygens (including phenoxy) is 1. The molecule has 1 aliphatic heterocycles. The van der Waals surface area contributed by atoms with Gasteiger partial charge in [0.05, 0.1) is 30.3 Å². The molecular weight excluding hydrogens is 636 g/mol. The number of halogens is 6. The van der Waals surface area contributed by atoms with Crippen molar-refractivity contribution in [2.45, 2.75) is 60.8 Å². The van der Waals surface area contributed by atoms with Gasteiger partial charge in [-0.1, -0.05) is 23.9 Å². The van der Waals surface area contributed by atoms with Gasteiger partial charge in [-0.2, -0.15) is 26.3 Å². The first kappa shape index (κ1) is 35.6. The summed E-state index contributed by atoms with van der Waals surface area (Å²) in [5, 5.41) is 12.4. The molecule has 1 heterocycles. The average Bonchev–Trinajstić information content (AvgIpc) is 3.00. The molecule has 0 unspecified atom stereocenters. The van der Waals surface area contributed by atoms with Crippen LogP contribution < -0.4 is 5.32 Å². The molecule has 2 N–H and O–H groups in total. The van der Waals surface area contributed by atoms with Gasteiger partial charge in [-0.05, 0) is 68.5 Å². The quantitative estimate of drug-likeness (QED) is 0.168. The van der Waals surface area contributed by atoms with E-state index in [4.69, 9.17) is 9.84 Å². The number of nitrogens with one attached hydrogen (secondary N) is 1. The van der Waals surface area contributed by atoms with Gasteiger partial charge in [0, 0.05) is 60.3 Å². The molecule has 2 aromatic rings. The van der Waals surface area contributed by atoms with E-state index in [1.807, 2.05) is 4.90 Å². The summed E-state index contributed by atoms with van der Waals surface area (Å²) >= 11 is 0.574. The summed E-state index contributed by atoms with van der Waals surface area (Å²) in [6, 6.07) is 8.41. The number of anilines is 1. The SMILES string of the molecule is CCOC(=O)C1CCC(Nc2cccc(Sc3ccc(C=CC(=O)N4CCN(CCO)CC4)c(C(F)(F)F)c3C(F)(F)F)c2)CC1. The minimum absolute atomic E-state index is 0.0201. The lowest BCUT2D eigenvalue weighted by atomic mass is 9.86. The molecule has 0 radical (unpaired) electrons. The highest BCUT2D eigenvalue weighted by Crippen LogP contribution is 2.48. The Bertz CT molecular complexity index is 1380. The van der Waals surface area contributed by atoms with Gasteiger partial charge in [-0.15, -0.1) is 0 Å². The second-order valence-corrected chi connectivity index (χ2v) is 12.3. The number of carbonyl (C=O) groups is 2. The summed E-state index contributed by atoms with van der Waals surface area (Å²) in [7, 11) is 0. The minimum Gasteiger partial charge on any atom is -0.466 e. The number of rotatable bonds is 10. The van der Waals surface area contributed by atoms with Crippen LogP contribution in [0.25, 0.3) is 6.08 Å². The molecular formula is C32H37F6N3O4S. The number of alkyl halides is 6. The largest absolute Gasteiger partial charge is 0.466 e. The van der Waals surface area contributed by atoms with Crippen LogP contribution in [0.5, 0.6) is 0 Å². The summed E-state index contributed by atoms with van der Waals surface area (Å²) < 4.78 is 91.0. The standard InChI is InChI=1S/C32H37F6N3O4S/c1-2-45-30(44)22-6-10-23(11-7-22)39-24-4-3-5-25(20-24)46-26-12-8-21(28(31(33,34)35)29(26)32(36,37)38)9-13-27(43)41-16-14-40(15-17-41)18-19-42/h3-5,8-9,12-13,20,22-23,39,42H,2,6-7,10-11,14-19H2,1H3. The maximum atomic E-state index is 14.4. The van der Waals surface area contributed by atoms with Crippen molar-refractivity contribution in [1.29, 1.82) is 0 Å². The van der Waals surface area contributed by atoms with Gasteiger partial charge in [0.25, 0.3) is 0 Å². The molecule has 0 atom stereocenters. The Morgan fingerprint density at radius 1 is 0.978 bits per heavy atom. The number of carbonyl (C=O) groups excluding carboxylic acids is 2. The highest BCUT2D eigenvalue weighted by atomic mass is 32.2. The zero-order valence-corrected chi connectivity index (χ0v) is 26.1. The zero-order valence-electron chi connectivity index (χ0n) is 25.3. The highest BCUT2D eigenvalue weighted by molar-refractivity contribution is 7.99. The Kier molecular flexibility index (Phi) is 12.1. The smallest absolute Gasteiger partial charge is 0.418 e. The van der Waals surface area contributed by atoms with Crippen LogP contribution in [0.15, 0.2) is 52.3 Å². The maximum Gasteiger partial charge on any atom is 0.418 e. The third-order valence-electron chi connectivity index (χ3n) is 8.05. The third kappa shape index (κ3) is 9.41. The number of amides is 1. The molecule has 2 aromatic carbocycles. The molecule has 1 aliphatic carbocycles. The Balaban J connectivity index is 1.53. The molecule has 7 nitrogen and oxygen atoms in total. The van der Waals surface area contributed by atoms with Gasteiger partial charge in [0.2, 0.25) is 5.91 Å². The summed E-state index contributed by atoms with van der Waals surface area (Å²) in [4.78, 5) is 27.7. The van der Waals surface area contributed by atoms with Crippen molar-refractivity contribution in [3.05, 3.63) is 59.2 Å². The lowest BCUT2D eigenvalue weighted by Gasteiger charge is -2.33. The van der Waals surface area contributed by atoms with Crippen LogP contribution in [0.3, 0.4) is 0 Å². The Morgan fingerprint density at radius 3 is 2.26 bits per heavy atom. The van der Waals surface area contributed by atoms with Crippen LogP contribution in [0.2, 0.25) is 0 Å². The summed E-state index contributed by atoms with van der Waals surface area (Å²) in [6.45, 7) is 3.92. The van der Waals surface area contributed by atoms with Gasteiger partial charge in [-0.25, -0.2) is 0 Å². The van der Waals surface area contributed by atoms with Crippen LogP contribution >= 0.6 is 11.8 Å². The molecule has 2 aliphatic rings. The zero-order chi connectivity index (χ0) is 33.5. The first-order chi connectivity index (χ1) is 21.8. The van der Waals surface area contributed by atoms with Crippen molar-refractivity contribution in [2.24, 2.45) is 5.92 Å². The van der Waals surface area contributed by atoms with Crippen molar-refractivity contribution < 1.29 is 45.8 Å². The van der Waals surface area contributed by atoms with E-state index in [-0.39, 0.29) is 37.6 Å². The Hall–Kier alpha value is -3.23. The minimum atomic E-state index is -5.36. The molecule has 1 saturated carbocycles. The van der Waals surface area contributed by atoms with Crippen LogP contribution in [0, 0.1) is 5.92 Å². The van der Waals surface area contributed by atoms with Crippen LogP contribution in [-0.2, 0) is 26.7 Å². The average molecular weight is 674 g/mol.